The Morgan fingerprint density at radius 1 is 1.36 bits per heavy atom. The van der Waals surface area contributed by atoms with Gasteiger partial charge in [-0.3, -0.25) is 4.79 Å². The van der Waals surface area contributed by atoms with Crippen LogP contribution in [0.25, 0.3) is 0 Å². The Morgan fingerprint density at radius 2 is 2.18 bits per heavy atom. The molecule has 0 radical (unpaired) electrons. The summed E-state index contributed by atoms with van der Waals surface area (Å²) in [5.74, 6) is 1.05. The van der Waals surface area contributed by atoms with Crippen LogP contribution in [-0.4, -0.2) is 47.3 Å². The van der Waals surface area contributed by atoms with Crippen LogP contribution >= 0.6 is 11.3 Å². The fourth-order valence-corrected chi connectivity index (χ4v) is 3.05. The quantitative estimate of drug-likeness (QED) is 0.840. The highest BCUT2D eigenvalue weighted by Gasteiger charge is 2.27. The van der Waals surface area contributed by atoms with E-state index in [9.17, 15) is 4.79 Å². The summed E-state index contributed by atoms with van der Waals surface area (Å²) in [7, 11) is 1.54. The second kappa shape index (κ2) is 6.74. The molecule has 3 heterocycles. The van der Waals surface area contributed by atoms with E-state index in [0.717, 1.165) is 18.5 Å². The van der Waals surface area contributed by atoms with Gasteiger partial charge in [-0.2, -0.15) is 11.3 Å². The highest BCUT2D eigenvalue weighted by molar-refractivity contribution is 7.07. The van der Waals surface area contributed by atoms with Crippen LogP contribution in [0.3, 0.4) is 0 Å². The third-order valence-corrected chi connectivity index (χ3v) is 4.28. The minimum Gasteiger partial charge on any atom is -0.480 e. The molecule has 7 heteroatoms. The van der Waals surface area contributed by atoms with Crippen molar-refractivity contribution in [2.24, 2.45) is 0 Å². The van der Waals surface area contributed by atoms with Crippen LogP contribution in [0.1, 0.15) is 12.0 Å². The highest BCUT2D eigenvalue weighted by Crippen LogP contribution is 2.18. The number of hydrogen-bond donors (Lipinski definition) is 0. The van der Waals surface area contributed by atoms with Gasteiger partial charge in [0.05, 0.1) is 20.1 Å². The summed E-state index contributed by atoms with van der Waals surface area (Å²) in [6.07, 6.45) is 1.23. The van der Waals surface area contributed by atoms with Crippen LogP contribution < -0.4 is 9.47 Å². The number of aromatic nitrogens is 2. The third kappa shape index (κ3) is 3.54. The van der Waals surface area contributed by atoms with E-state index in [4.69, 9.17) is 9.47 Å². The molecule has 1 amide bonds. The maximum absolute atomic E-state index is 12.2. The van der Waals surface area contributed by atoms with Crippen LogP contribution in [0.15, 0.2) is 29.0 Å². The van der Waals surface area contributed by atoms with Gasteiger partial charge >= 0.3 is 0 Å². The van der Waals surface area contributed by atoms with E-state index in [-0.39, 0.29) is 12.0 Å². The topological polar surface area (TPSA) is 64.6 Å². The number of methoxy groups -OCH3 is 1. The molecule has 6 nitrogen and oxygen atoms in total. The van der Waals surface area contributed by atoms with Gasteiger partial charge < -0.3 is 14.4 Å². The SMILES string of the molecule is COc1ccc(O[C@H]2CCN(C(=O)Cc3ccsc3)C2)nn1. The summed E-state index contributed by atoms with van der Waals surface area (Å²) in [6.45, 7) is 1.31. The monoisotopic (exact) mass is 319 g/mol. The van der Waals surface area contributed by atoms with Gasteiger partial charge in [0.15, 0.2) is 0 Å². The molecule has 1 fully saturated rings. The van der Waals surface area contributed by atoms with E-state index in [0.29, 0.717) is 24.7 Å². The molecule has 1 aliphatic heterocycles. The van der Waals surface area contributed by atoms with Crippen molar-refractivity contribution in [3.63, 3.8) is 0 Å². The van der Waals surface area contributed by atoms with Crippen molar-refractivity contribution in [3.8, 4) is 11.8 Å². The molecule has 0 aliphatic carbocycles. The van der Waals surface area contributed by atoms with E-state index in [1.165, 1.54) is 0 Å². The van der Waals surface area contributed by atoms with Crippen molar-refractivity contribution in [2.45, 2.75) is 18.9 Å². The molecular weight excluding hydrogens is 302 g/mol. The van der Waals surface area contributed by atoms with Gasteiger partial charge in [-0.1, -0.05) is 0 Å². The first kappa shape index (κ1) is 14.8. The number of likely N-dealkylation sites (tertiary alicyclic amines) is 1. The van der Waals surface area contributed by atoms with Gasteiger partial charge in [-0.15, -0.1) is 10.2 Å². The molecule has 1 aliphatic rings. The lowest BCUT2D eigenvalue weighted by Gasteiger charge is -2.16. The molecule has 116 valence electrons. The molecule has 1 atom stereocenters. The van der Waals surface area contributed by atoms with Crippen molar-refractivity contribution in [3.05, 3.63) is 34.5 Å². The summed E-state index contributed by atoms with van der Waals surface area (Å²) in [5.41, 5.74) is 1.07. The summed E-state index contributed by atoms with van der Waals surface area (Å²) >= 11 is 1.61. The number of ether oxygens (including phenoxy) is 2. The molecule has 1 saturated heterocycles. The average molecular weight is 319 g/mol. The number of amides is 1. The molecule has 0 saturated carbocycles. The Bertz CT molecular complexity index is 615. The van der Waals surface area contributed by atoms with Gasteiger partial charge in [0.25, 0.3) is 0 Å². The first-order chi connectivity index (χ1) is 10.7. The number of thiophene rings is 1. The maximum atomic E-state index is 12.2. The second-order valence-electron chi connectivity index (χ2n) is 5.09. The molecule has 22 heavy (non-hydrogen) atoms. The predicted octanol–water partition coefficient (Wildman–Crippen LogP) is 1.77. The molecule has 0 spiro atoms. The van der Waals surface area contributed by atoms with Crippen molar-refractivity contribution >= 4 is 17.2 Å². The normalized spacial score (nSPS) is 17.5. The Labute approximate surface area is 132 Å². The van der Waals surface area contributed by atoms with E-state index in [1.54, 1.807) is 30.6 Å². The minimum atomic E-state index is -0.0332. The summed E-state index contributed by atoms with van der Waals surface area (Å²) < 4.78 is 10.7. The number of nitrogens with zero attached hydrogens (tertiary/aromatic N) is 3. The minimum absolute atomic E-state index is 0.0332. The molecule has 0 unspecified atom stereocenters. The Hall–Kier alpha value is -2.15. The zero-order valence-electron chi connectivity index (χ0n) is 12.3. The lowest BCUT2D eigenvalue weighted by molar-refractivity contribution is -0.129. The fraction of sp³-hybridized carbons (Fsp3) is 0.400. The standard InChI is InChI=1S/C15H17N3O3S/c1-20-13-2-3-14(17-16-13)21-12-4-6-18(9-12)15(19)8-11-5-7-22-10-11/h2-3,5,7,10,12H,4,6,8-9H2,1H3/t12-/m0/s1. The molecule has 3 rings (SSSR count). The van der Waals surface area contributed by atoms with Gasteiger partial charge in [0, 0.05) is 25.1 Å². The summed E-state index contributed by atoms with van der Waals surface area (Å²) in [6, 6.07) is 5.41. The Morgan fingerprint density at radius 3 is 2.86 bits per heavy atom. The lowest BCUT2D eigenvalue weighted by atomic mass is 10.2. The van der Waals surface area contributed by atoms with E-state index in [2.05, 4.69) is 10.2 Å². The fourth-order valence-electron chi connectivity index (χ4n) is 2.38. The molecule has 0 aromatic carbocycles. The van der Waals surface area contributed by atoms with Crippen LogP contribution in [0.4, 0.5) is 0 Å². The van der Waals surface area contributed by atoms with Gasteiger partial charge in [-0.05, 0) is 22.4 Å². The number of carbonyl (C=O) groups excluding carboxylic acids is 1. The average Bonchev–Trinajstić information content (AvgIpc) is 3.20. The van der Waals surface area contributed by atoms with Gasteiger partial charge in [0.2, 0.25) is 17.7 Å². The van der Waals surface area contributed by atoms with Crippen molar-refractivity contribution < 1.29 is 14.3 Å². The first-order valence-corrected chi connectivity index (χ1v) is 8.02. The van der Waals surface area contributed by atoms with Gasteiger partial charge in [0.1, 0.15) is 6.10 Å². The number of hydrogen-bond acceptors (Lipinski definition) is 6. The first-order valence-electron chi connectivity index (χ1n) is 7.08. The van der Waals surface area contributed by atoms with Crippen LogP contribution in [0, 0.1) is 0 Å². The Balaban J connectivity index is 1.52. The van der Waals surface area contributed by atoms with E-state index >= 15 is 0 Å². The summed E-state index contributed by atoms with van der Waals surface area (Å²) in [4.78, 5) is 14.1. The molecule has 2 aromatic heterocycles. The van der Waals surface area contributed by atoms with Crippen molar-refractivity contribution in [1.82, 2.24) is 15.1 Å². The Kier molecular flexibility index (Phi) is 4.53. The smallest absolute Gasteiger partial charge is 0.233 e. The molecule has 0 N–H and O–H groups in total. The largest absolute Gasteiger partial charge is 0.480 e. The van der Waals surface area contributed by atoms with Crippen molar-refractivity contribution in [2.75, 3.05) is 20.2 Å². The second-order valence-corrected chi connectivity index (χ2v) is 5.87. The number of carbonyl (C=O) groups is 1. The van der Waals surface area contributed by atoms with E-state index < -0.39 is 0 Å². The summed E-state index contributed by atoms with van der Waals surface area (Å²) in [5, 5.41) is 11.8. The molecular formula is C15H17N3O3S. The predicted molar refractivity (Wildman–Crippen MR) is 82.2 cm³/mol. The maximum Gasteiger partial charge on any atom is 0.233 e. The zero-order valence-corrected chi connectivity index (χ0v) is 13.1. The van der Waals surface area contributed by atoms with Crippen LogP contribution in [-0.2, 0) is 11.2 Å². The zero-order chi connectivity index (χ0) is 15.4. The van der Waals surface area contributed by atoms with Gasteiger partial charge in [-0.25, -0.2) is 0 Å². The molecule has 0 bridgehead atoms. The van der Waals surface area contributed by atoms with Crippen LogP contribution in [0.5, 0.6) is 11.8 Å². The number of rotatable bonds is 5. The third-order valence-electron chi connectivity index (χ3n) is 3.55. The molecule has 2 aromatic rings. The highest BCUT2D eigenvalue weighted by atomic mass is 32.1. The van der Waals surface area contributed by atoms with E-state index in [1.807, 2.05) is 21.7 Å². The van der Waals surface area contributed by atoms with Crippen LogP contribution in [0.2, 0.25) is 0 Å². The van der Waals surface area contributed by atoms with Crippen molar-refractivity contribution in [1.29, 1.82) is 0 Å². The lowest BCUT2D eigenvalue weighted by Crippen LogP contribution is -2.32.